The van der Waals surface area contributed by atoms with Crippen LogP contribution in [0.5, 0.6) is 0 Å². The second-order valence-electron chi connectivity index (χ2n) is 4.43. The maximum absolute atomic E-state index is 4.26. The van der Waals surface area contributed by atoms with Gasteiger partial charge in [0, 0.05) is 5.41 Å². The third-order valence-corrected chi connectivity index (χ3v) is 4.39. The van der Waals surface area contributed by atoms with E-state index in [-0.39, 0.29) is 5.41 Å². The first-order valence-corrected chi connectivity index (χ1v) is 6.58. The van der Waals surface area contributed by atoms with Gasteiger partial charge >= 0.3 is 0 Å². The van der Waals surface area contributed by atoms with Gasteiger partial charge in [-0.15, -0.1) is 11.8 Å². The number of hydrogen-bond donors (Lipinski definition) is 1. The van der Waals surface area contributed by atoms with E-state index in [4.69, 9.17) is 0 Å². The molecule has 1 aliphatic rings. The van der Waals surface area contributed by atoms with Crippen molar-refractivity contribution in [2.24, 2.45) is 5.41 Å². The lowest BCUT2D eigenvalue weighted by atomic mass is 9.80. The first kappa shape index (κ1) is 12.6. The van der Waals surface area contributed by atoms with E-state index in [1.165, 1.54) is 11.1 Å². The third kappa shape index (κ3) is 2.56. The average Bonchev–Trinajstić information content (AvgIpc) is 2.70. The summed E-state index contributed by atoms with van der Waals surface area (Å²) in [5.41, 5.74) is 2.71. The van der Waals surface area contributed by atoms with Gasteiger partial charge in [0.05, 0.1) is 5.37 Å². The maximum atomic E-state index is 4.26. The standard InChI is InChI=1S/C13H21NS/c1-10(11-8-6-7-9-11)13(2,3)12(14-4)15-5/h6-8,12,14H,1,9H2,2-5H3. The van der Waals surface area contributed by atoms with Gasteiger partial charge < -0.3 is 5.32 Å². The van der Waals surface area contributed by atoms with Crippen LogP contribution in [0.4, 0.5) is 0 Å². The summed E-state index contributed by atoms with van der Waals surface area (Å²) >= 11 is 1.84. The van der Waals surface area contributed by atoms with Gasteiger partial charge in [0.1, 0.15) is 0 Å². The van der Waals surface area contributed by atoms with Crippen molar-refractivity contribution in [2.75, 3.05) is 13.3 Å². The number of nitrogens with one attached hydrogen (secondary N) is 1. The minimum Gasteiger partial charge on any atom is -0.308 e. The van der Waals surface area contributed by atoms with E-state index in [1.54, 1.807) is 0 Å². The Morgan fingerprint density at radius 3 is 2.67 bits per heavy atom. The largest absolute Gasteiger partial charge is 0.308 e. The molecule has 0 spiro atoms. The van der Waals surface area contributed by atoms with Crippen molar-refractivity contribution in [3.63, 3.8) is 0 Å². The highest BCUT2D eigenvalue weighted by atomic mass is 32.2. The number of rotatable bonds is 5. The van der Waals surface area contributed by atoms with Crippen molar-refractivity contribution in [3.8, 4) is 0 Å². The Hall–Kier alpha value is -0.470. The second kappa shape index (κ2) is 5.04. The highest BCUT2D eigenvalue weighted by Gasteiger charge is 2.32. The summed E-state index contributed by atoms with van der Waals surface area (Å²) < 4.78 is 0. The smallest absolute Gasteiger partial charge is 0.0619 e. The lowest BCUT2D eigenvalue weighted by Gasteiger charge is -2.35. The molecule has 0 aromatic carbocycles. The fraction of sp³-hybridized carbons (Fsp3) is 0.538. The molecule has 2 heteroatoms. The van der Waals surface area contributed by atoms with Gasteiger partial charge in [-0.25, -0.2) is 0 Å². The normalized spacial score (nSPS) is 17.7. The second-order valence-corrected chi connectivity index (χ2v) is 5.37. The molecule has 0 heterocycles. The van der Waals surface area contributed by atoms with Crippen LogP contribution in [-0.2, 0) is 0 Å². The number of hydrogen-bond acceptors (Lipinski definition) is 2. The van der Waals surface area contributed by atoms with Gasteiger partial charge in [0.25, 0.3) is 0 Å². The molecule has 1 rings (SSSR count). The minimum atomic E-state index is 0.0893. The average molecular weight is 223 g/mol. The Morgan fingerprint density at radius 2 is 2.27 bits per heavy atom. The van der Waals surface area contributed by atoms with Crippen LogP contribution in [0, 0.1) is 5.41 Å². The van der Waals surface area contributed by atoms with Gasteiger partial charge in [-0.3, -0.25) is 0 Å². The minimum absolute atomic E-state index is 0.0893. The van der Waals surface area contributed by atoms with Crippen molar-refractivity contribution in [1.82, 2.24) is 5.32 Å². The molecule has 15 heavy (non-hydrogen) atoms. The predicted octanol–water partition coefficient (Wildman–Crippen LogP) is 3.36. The summed E-state index contributed by atoms with van der Waals surface area (Å²) in [5.74, 6) is 0. The topological polar surface area (TPSA) is 12.0 Å². The molecule has 0 saturated carbocycles. The molecule has 0 aromatic heterocycles. The summed E-state index contributed by atoms with van der Waals surface area (Å²) in [5, 5.41) is 3.76. The summed E-state index contributed by atoms with van der Waals surface area (Å²) in [6, 6.07) is 0. The zero-order valence-corrected chi connectivity index (χ0v) is 10.9. The zero-order valence-electron chi connectivity index (χ0n) is 10.1. The molecule has 0 aromatic rings. The third-order valence-electron chi connectivity index (χ3n) is 3.09. The van der Waals surface area contributed by atoms with E-state index >= 15 is 0 Å². The predicted molar refractivity (Wildman–Crippen MR) is 71.1 cm³/mol. The van der Waals surface area contributed by atoms with E-state index in [9.17, 15) is 0 Å². The quantitative estimate of drug-likeness (QED) is 0.717. The van der Waals surface area contributed by atoms with E-state index < -0.39 is 0 Å². The summed E-state index contributed by atoms with van der Waals surface area (Å²) in [7, 11) is 2.01. The van der Waals surface area contributed by atoms with Crippen molar-refractivity contribution in [2.45, 2.75) is 25.6 Å². The Bertz CT molecular complexity index is 296. The van der Waals surface area contributed by atoms with Gasteiger partial charge in [-0.1, -0.05) is 38.7 Å². The van der Waals surface area contributed by atoms with Crippen molar-refractivity contribution in [1.29, 1.82) is 0 Å². The molecule has 0 saturated heterocycles. The zero-order chi connectivity index (χ0) is 11.5. The highest BCUT2D eigenvalue weighted by Crippen LogP contribution is 2.39. The van der Waals surface area contributed by atoms with Crippen LogP contribution in [0.15, 0.2) is 36.0 Å². The fourth-order valence-electron chi connectivity index (χ4n) is 2.02. The van der Waals surface area contributed by atoms with E-state index in [0.717, 1.165) is 6.42 Å². The monoisotopic (exact) mass is 223 g/mol. The van der Waals surface area contributed by atoms with Crippen LogP contribution < -0.4 is 5.32 Å². The van der Waals surface area contributed by atoms with E-state index in [2.05, 4.69) is 50.2 Å². The first-order valence-electron chi connectivity index (χ1n) is 5.29. The Morgan fingerprint density at radius 1 is 1.60 bits per heavy atom. The number of allylic oxidation sites excluding steroid dienone is 4. The Labute approximate surface area is 97.7 Å². The molecule has 0 fully saturated rings. The molecular weight excluding hydrogens is 202 g/mol. The molecule has 84 valence electrons. The van der Waals surface area contributed by atoms with Crippen LogP contribution in [0.1, 0.15) is 20.3 Å². The Balaban J connectivity index is 2.80. The summed E-state index contributed by atoms with van der Waals surface area (Å²) in [6.07, 6.45) is 9.65. The Kier molecular flexibility index (Phi) is 4.23. The summed E-state index contributed by atoms with van der Waals surface area (Å²) in [6.45, 7) is 8.78. The molecule has 1 atom stereocenters. The molecule has 0 amide bonds. The van der Waals surface area contributed by atoms with Crippen LogP contribution in [0.25, 0.3) is 0 Å². The molecule has 0 radical (unpaired) electrons. The SMILES string of the molecule is C=C(C1=CC=CC1)C(C)(C)C(NC)SC. The van der Waals surface area contributed by atoms with Crippen molar-refractivity contribution < 1.29 is 0 Å². The van der Waals surface area contributed by atoms with Gasteiger partial charge in [0.15, 0.2) is 0 Å². The fourth-order valence-corrected chi connectivity index (χ4v) is 2.98. The van der Waals surface area contributed by atoms with Crippen LogP contribution in [0.3, 0.4) is 0 Å². The van der Waals surface area contributed by atoms with Crippen molar-refractivity contribution >= 4 is 11.8 Å². The van der Waals surface area contributed by atoms with E-state index in [1.807, 2.05) is 18.8 Å². The van der Waals surface area contributed by atoms with Crippen molar-refractivity contribution in [3.05, 3.63) is 36.0 Å². The summed E-state index contributed by atoms with van der Waals surface area (Å²) in [4.78, 5) is 0. The molecule has 1 aliphatic carbocycles. The van der Waals surface area contributed by atoms with Gasteiger partial charge in [-0.05, 0) is 30.9 Å². The van der Waals surface area contributed by atoms with Gasteiger partial charge in [0.2, 0.25) is 0 Å². The number of thioether (sulfide) groups is 1. The molecule has 0 bridgehead atoms. The first-order chi connectivity index (χ1) is 7.04. The van der Waals surface area contributed by atoms with E-state index in [0.29, 0.717) is 5.37 Å². The molecule has 1 unspecified atom stereocenters. The van der Waals surface area contributed by atoms with Crippen LogP contribution in [-0.4, -0.2) is 18.7 Å². The van der Waals surface area contributed by atoms with Gasteiger partial charge in [-0.2, -0.15) is 0 Å². The van der Waals surface area contributed by atoms with Crippen LogP contribution in [0.2, 0.25) is 0 Å². The molecule has 1 N–H and O–H groups in total. The molecule has 1 nitrogen and oxygen atoms in total. The molecular formula is C13H21NS. The molecule has 0 aliphatic heterocycles. The lowest BCUT2D eigenvalue weighted by molar-refractivity contribution is 0.399. The van der Waals surface area contributed by atoms with Crippen LogP contribution >= 0.6 is 11.8 Å². The lowest BCUT2D eigenvalue weighted by Crippen LogP contribution is -2.38. The highest BCUT2D eigenvalue weighted by molar-refractivity contribution is 7.99. The maximum Gasteiger partial charge on any atom is 0.0619 e.